The number of benzene rings is 1. The molecule has 0 aliphatic carbocycles. The van der Waals surface area contributed by atoms with Crippen LogP contribution < -0.4 is 0 Å². The van der Waals surface area contributed by atoms with E-state index in [4.69, 9.17) is 16.7 Å². The normalized spacial score (nSPS) is 22.6. The minimum Gasteiger partial charge on any atom is -0.481 e. The summed E-state index contributed by atoms with van der Waals surface area (Å²) in [6.07, 6.45) is 0.832. The van der Waals surface area contributed by atoms with Crippen molar-refractivity contribution in [3.63, 3.8) is 0 Å². The number of carbonyl (C=O) groups is 2. The number of likely N-dealkylation sites (tertiary alicyclic amines) is 1. The van der Waals surface area contributed by atoms with Crippen molar-refractivity contribution in [2.45, 2.75) is 25.8 Å². The zero-order valence-electron chi connectivity index (χ0n) is 11.0. The van der Waals surface area contributed by atoms with E-state index in [-0.39, 0.29) is 22.5 Å². The van der Waals surface area contributed by atoms with E-state index in [9.17, 15) is 14.0 Å². The highest BCUT2D eigenvalue weighted by molar-refractivity contribution is 6.30. The van der Waals surface area contributed by atoms with Gasteiger partial charge in [-0.2, -0.15) is 0 Å². The molecule has 1 saturated heterocycles. The monoisotopic (exact) mass is 299 g/mol. The van der Waals surface area contributed by atoms with Crippen molar-refractivity contribution >= 4 is 23.5 Å². The van der Waals surface area contributed by atoms with Crippen LogP contribution in [0.15, 0.2) is 18.2 Å². The SMILES string of the molecule is CC1CC(C(=O)O)CCN1C(=O)c1ccc(Cl)c(F)c1. The Morgan fingerprint density at radius 3 is 2.70 bits per heavy atom. The Morgan fingerprint density at radius 1 is 1.45 bits per heavy atom. The molecule has 1 amide bonds. The first-order valence-corrected chi connectivity index (χ1v) is 6.76. The van der Waals surface area contributed by atoms with Crippen molar-refractivity contribution in [1.82, 2.24) is 4.90 Å². The van der Waals surface area contributed by atoms with E-state index in [0.29, 0.717) is 19.4 Å². The van der Waals surface area contributed by atoms with Crippen LogP contribution in [0.3, 0.4) is 0 Å². The fraction of sp³-hybridized carbons (Fsp3) is 0.429. The lowest BCUT2D eigenvalue weighted by atomic mass is 9.91. The Hall–Kier alpha value is -1.62. The van der Waals surface area contributed by atoms with Gasteiger partial charge in [-0.25, -0.2) is 4.39 Å². The Labute approximate surface area is 121 Å². The standard InChI is InChI=1S/C14H15ClFNO3/c1-8-6-10(14(19)20)4-5-17(8)13(18)9-2-3-11(15)12(16)7-9/h2-3,7-8,10H,4-6H2,1H3,(H,19,20). The molecule has 1 aromatic carbocycles. The Balaban J connectivity index is 2.13. The average Bonchev–Trinajstić information content (AvgIpc) is 2.41. The molecule has 1 aliphatic rings. The lowest BCUT2D eigenvalue weighted by Crippen LogP contribution is -2.46. The minimum absolute atomic E-state index is 0.0285. The lowest BCUT2D eigenvalue weighted by molar-refractivity contribution is -0.143. The Morgan fingerprint density at radius 2 is 2.15 bits per heavy atom. The molecule has 0 radical (unpaired) electrons. The minimum atomic E-state index is -0.832. The molecule has 108 valence electrons. The number of piperidine rings is 1. The van der Waals surface area contributed by atoms with E-state index in [0.717, 1.165) is 6.07 Å². The predicted molar refractivity (Wildman–Crippen MR) is 72.3 cm³/mol. The number of carbonyl (C=O) groups excluding carboxylic acids is 1. The van der Waals surface area contributed by atoms with Gasteiger partial charge < -0.3 is 10.0 Å². The number of halogens is 2. The van der Waals surface area contributed by atoms with Crippen LogP contribution >= 0.6 is 11.6 Å². The largest absolute Gasteiger partial charge is 0.481 e. The molecular formula is C14H15ClFNO3. The third-order valence-electron chi connectivity index (χ3n) is 3.65. The van der Waals surface area contributed by atoms with E-state index >= 15 is 0 Å². The van der Waals surface area contributed by atoms with Crippen LogP contribution in [0.5, 0.6) is 0 Å². The van der Waals surface area contributed by atoms with Crippen molar-refractivity contribution in [3.05, 3.63) is 34.6 Å². The third-order valence-corrected chi connectivity index (χ3v) is 3.96. The van der Waals surface area contributed by atoms with E-state index in [2.05, 4.69) is 0 Å². The second-order valence-corrected chi connectivity index (χ2v) is 5.44. The summed E-state index contributed by atoms with van der Waals surface area (Å²) in [4.78, 5) is 24.9. The maximum absolute atomic E-state index is 13.4. The molecule has 2 unspecified atom stereocenters. The second-order valence-electron chi connectivity index (χ2n) is 5.04. The number of carboxylic acids is 1. The summed E-state index contributed by atoms with van der Waals surface area (Å²) in [5.41, 5.74) is 0.229. The van der Waals surface area contributed by atoms with E-state index in [1.807, 2.05) is 0 Å². The first kappa shape index (κ1) is 14.8. The topological polar surface area (TPSA) is 57.6 Å². The van der Waals surface area contributed by atoms with Gasteiger partial charge in [0.25, 0.3) is 5.91 Å². The van der Waals surface area contributed by atoms with Gasteiger partial charge in [0, 0.05) is 18.2 Å². The van der Waals surface area contributed by atoms with Gasteiger partial charge in [-0.05, 0) is 38.0 Å². The van der Waals surface area contributed by atoms with Crippen molar-refractivity contribution in [1.29, 1.82) is 0 Å². The van der Waals surface area contributed by atoms with Crippen molar-refractivity contribution in [2.24, 2.45) is 5.92 Å². The number of aliphatic carboxylic acids is 1. The van der Waals surface area contributed by atoms with Gasteiger partial charge in [-0.1, -0.05) is 11.6 Å². The van der Waals surface area contributed by atoms with Gasteiger partial charge in [0.05, 0.1) is 10.9 Å². The van der Waals surface area contributed by atoms with Crippen LogP contribution in [0.25, 0.3) is 0 Å². The molecule has 6 heteroatoms. The van der Waals surface area contributed by atoms with Gasteiger partial charge >= 0.3 is 5.97 Å². The molecule has 1 aliphatic heterocycles. The summed E-state index contributed by atoms with van der Waals surface area (Å²) in [5, 5.41) is 8.97. The predicted octanol–water partition coefficient (Wildman–Crippen LogP) is 2.80. The number of nitrogens with zero attached hydrogens (tertiary/aromatic N) is 1. The summed E-state index contributed by atoms with van der Waals surface area (Å²) in [5.74, 6) is -2.18. The zero-order valence-corrected chi connectivity index (χ0v) is 11.7. The molecule has 0 spiro atoms. The number of hydrogen-bond acceptors (Lipinski definition) is 2. The van der Waals surface area contributed by atoms with Crippen LogP contribution in [0.2, 0.25) is 5.02 Å². The number of amides is 1. The van der Waals surface area contributed by atoms with Crippen molar-refractivity contribution in [2.75, 3.05) is 6.54 Å². The van der Waals surface area contributed by atoms with Gasteiger partial charge in [0.2, 0.25) is 0 Å². The van der Waals surface area contributed by atoms with Gasteiger partial charge in [0.1, 0.15) is 5.82 Å². The van der Waals surface area contributed by atoms with Crippen molar-refractivity contribution in [3.8, 4) is 0 Å². The number of rotatable bonds is 2. The number of hydrogen-bond donors (Lipinski definition) is 1. The second kappa shape index (κ2) is 5.79. The highest BCUT2D eigenvalue weighted by atomic mass is 35.5. The molecule has 1 N–H and O–H groups in total. The Bertz CT molecular complexity index is 549. The van der Waals surface area contributed by atoms with Crippen molar-refractivity contribution < 1.29 is 19.1 Å². The fourth-order valence-electron chi connectivity index (χ4n) is 2.49. The van der Waals surface area contributed by atoms with Crippen LogP contribution in [-0.2, 0) is 4.79 Å². The molecule has 0 saturated carbocycles. The molecule has 1 fully saturated rings. The smallest absolute Gasteiger partial charge is 0.306 e. The summed E-state index contributed by atoms with van der Waals surface area (Å²) < 4.78 is 13.4. The molecular weight excluding hydrogens is 285 g/mol. The summed E-state index contributed by atoms with van der Waals surface area (Å²) in [6, 6.07) is 3.75. The molecule has 20 heavy (non-hydrogen) atoms. The van der Waals surface area contributed by atoms with Gasteiger partial charge in [0.15, 0.2) is 0 Å². The highest BCUT2D eigenvalue weighted by Crippen LogP contribution is 2.25. The molecule has 0 aromatic heterocycles. The molecule has 2 rings (SSSR count). The average molecular weight is 300 g/mol. The van der Waals surface area contributed by atoms with Gasteiger partial charge in [-0.15, -0.1) is 0 Å². The summed E-state index contributed by atoms with van der Waals surface area (Å²) >= 11 is 5.59. The maximum atomic E-state index is 13.4. The van der Waals surface area contributed by atoms with Gasteiger partial charge in [-0.3, -0.25) is 9.59 Å². The van der Waals surface area contributed by atoms with E-state index < -0.39 is 17.7 Å². The quantitative estimate of drug-likeness (QED) is 0.913. The molecule has 0 bridgehead atoms. The zero-order chi connectivity index (χ0) is 14.9. The first-order chi connectivity index (χ1) is 9.40. The van der Waals surface area contributed by atoms with Crippen LogP contribution in [-0.4, -0.2) is 34.5 Å². The van der Waals surface area contributed by atoms with E-state index in [1.165, 1.54) is 12.1 Å². The summed E-state index contributed by atoms with van der Waals surface area (Å²) in [7, 11) is 0. The third kappa shape index (κ3) is 2.93. The maximum Gasteiger partial charge on any atom is 0.306 e. The Kier molecular flexibility index (Phi) is 4.28. The van der Waals surface area contributed by atoms with Crippen LogP contribution in [0.4, 0.5) is 4.39 Å². The number of carboxylic acid groups (broad SMARTS) is 1. The van der Waals surface area contributed by atoms with Crippen LogP contribution in [0.1, 0.15) is 30.1 Å². The highest BCUT2D eigenvalue weighted by Gasteiger charge is 2.32. The molecule has 2 atom stereocenters. The molecule has 4 nitrogen and oxygen atoms in total. The van der Waals surface area contributed by atoms with E-state index in [1.54, 1.807) is 11.8 Å². The van der Waals surface area contributed by atoms with Crippen LogP contribution in [0, 0.1) is 11.7 Å². The summed E-state index contributed by atoms with van der Waals surface area (Å²) in [6.45, 7) is 2.17. The lowest BCUT2D eigenvalue weighted by Gasteiger charge is -2.36. The first-order valence-electron chi connectivity index (χ1n) is 6.39. The molecule has 1 heterocycles. The fourth-order valence-corrected chi connectivity index (χ4v) is 2.61. The molecule has 1 aromatic rings.